The summed E-state index contributed by atoms with van der Waals surface area (Å²) in [6.07, 6.45) is 6.97. The zero-order chi connectivity index (χ0) is 15.8. The number of nitrogens with one attached hydrogen (secondary N) is 1. The maximum Gasteiger partial charge on any atom is 0.356 e. The molecule has 0 unspecified atom stereocenters. The highest BCUT2D eigenvalue weighted by Gasteiger charge is 2.14. The van der Waals surface area contributed by atoms with Gasteiger partial charge in [0.15, 0.2) is 0 Å². The Morgan fingerprint density at radius 1 is 1.13 bits per heavy atom. The van der Waals surface area contributed by atoms with Crippen molar-refractivity contribution in [3.8, 4) is 11.3 Å². The molecule has 0 fully saturated rings. The summed E-state index contributed by atoms with van der Waals surface area (Å²) in [5, 5.41) is 9.55. The van der Waals surface area contributed by atoms with E-state index in [1.807, 2.05) is 12.1 Å². The monoisotopic (exact) mass is 324 g/mol. The number of nitrogens with zero attached hydrogens (tertiary/aromatic N) is 3. The highest BCUT2D eigenvalue weighted by molar-refractivity contribution is 6.17. The second-order valence-corrected chi connectivity index (χ2v) is 5.12. The highest BCUT2D eigenvalue weighted by atomic mass is 35.5. The molecule has 7 heteroatoms. The Bertz CT molecular complexity index is 1030. The highest BCUT2D eigenvalue weighted by Crippen LogP contribution is 2.31. The molecule has 3 heterocycles. The van der Waals surface area contributed by atoms with Gasteiger partial charge in [-0.3, -0.25) is 10.1 Å². The van der Waals surface area contributed by atoms with E-state index in [0.29, 0.717) is 11.1 Å². The average Bonchev–Trinajstić information content (AvgIpc) is 3.14. The molecule has 6 nitrogen and oxygen atoms in total. The summed E-state index contributed by atoms with van der Waals surface area (Å²) in [7, 11) is 0. The number of pyridine rings is 2. The predicted octanol–water partition coefficient (Wildman–Crippen LogP) is 3.48. The van der Waals surface area contributed by atoms with Crippen LogP contribution in [-0.2, 0) is 4.29 Å². The summed E-state index contributed by atoms with van der Waals surface area (Å²) >= 11 is 5.15. The van der Waals surface area contributed by atoms with Crippen LogP contribution in [0.1, 0.15) is 10.4 Å². The molecule has 0 radical (unpaired) electrons. The second kappa shape index (κ2) is 5.33. The largest absolute Gasteiger partial charge is 0.356 e. The Morgan fingerprint density at radius 2 is 2.04 bits per heavy atom. The first kappa shape index (κ1) is 13.7. The molecule has 0 saturated carbocycles. The lowest BCUT2D eigenvalue weighted by molar-refractivity contribution is 0.0751. The SMILES string of the molecule is O=C(OCl)c1ccc2c(c1)nc(-c1cn[nH]c1)c1ccncc12. The van der Waals surface area contributed by atoms with Gasteiger partial charge in [-0.1, -0.05) is 6.07 Å². The maximum absolute atomic E-state index is 11.6. The van der Waals surface area contributed by atoms with E-state index in [4.69, 9.17) is 11.9 Å². The van der Waals surface area contributed by atoms with Crippen molar-refractivity contribution in [3.63, 3.8) is 0 Å². The number of fused-ring (bicyclic) bond motifs is 3. The van der Waals surface area contributed by atoms with E-state index < -0.39 is 5.97 Å². The van der Waals surface area contributed by atoms with Gasteiger partial charge < -0.3 is 4.29 Å². The Balaban J connectivity index is 2.09. The second-order valence-electron chi connectivity index (χ2n) is 4.97. The molecule has 0 spiro atoms. The Morgan fingerprint density at radius 3 is 2.83 bits per heavy atom. The van der Waals surface area contributed by atoms with Crippen molar-refractivity contribution in [3.05, 3.63) is 54.6 Å². The van der Waals surface area contributed by atoms with Gasteiger partial charge in [0.25, 0.3) is 0 Å². The Labute approximate surface area is 135 Å². The lowest BCUT2D eigenvalue weighted by atomic mass is 10.0. The summed E-state index contributed by atoms with van der Waals surface area (Å²) < 4.78 is 4.25. The minimum atomic E-state index is -0.619. The first-order valence-electron chi connectivity index (χ1n) is 6.77. The van der Waals surface area contributed by atoms with Crippen LogP contribution in [0.4, 0.5) is 0 Å². The lowest BCUT2D eigenvalue weighted by Gasteiger charge is -2.08. The third kappa shape index (κ3) is 2.20. The van der Waals surface area contributed by atoms with Crippen molar-refractivity contribution in [1.29, 1.82) is 0 Å². The standard InChI is InChI=1S/C16H9ClN4O2/c17-23-16(22)9-1-2-11-13-8-18-4-3-12(13)15(21-14(11)5-9)10-6-19-20-7-10/h1-8H,(H,19,20). The molecule has 0 aliphatic rings. The number of carbonyl (C=O) groups excluding carboxylic acids is 1. The van der Waals surface area contributed by atoms with Crippen molar-refractivity contribution in [2.24, 2.45) is 0 Å². The summed E-state index contributed by atoms with van der Waals surface area (Å²) in [6.45, 7) is 0. The van der Waals surface area contributed by atoms with Crippen LogP contribution in [0, 0.1) is 0 Å². The first-order chi connectivity index (χ1) is 11.3. The summed E-state index contributed by atoms with van der Waals surface area (Å²) in [5.74, 6) is -0.619. The van der Waals surface area contributed by atoms with E-state index in [1.165, 1.54) is 0 Å². The topological polar surface area (TPSA) is 80.8 Å². The van der Waals surface area contributed by atoms with Crippen LogP contribution < -0.4 is 0 Å². The number of halogens is 1. The van der Waals surface area contributed by atoms with Crippen molar-refractivity contribution in [1.82, 2.24) is 20.2 Å². The van der Waals surface area contributed by atoms with Crippen LogP contribution in [0.25, 0.3) is 32.9 Å². The van der Waals surface area contributed by atoms with Crippen LogP contribution in [0.3, 0.4) is 0 Å². The van der Waals surface area contributed by atoms with Gasteiger partial charge in [-0.25, -0.2) is 9.78 Å². The molecule has 0 atom stereocenters. The Kier molecular flexibility index (Phi) is 3.17. The number of hydrogen-bond acceptors (Lipinski definition) is 5. The van der Waals surface area contributed by atoms with Gasteiger partial charge in [-0.2, -0.15) is 5.10 Å². The van der Waals surface area contributed by atoms with E-state index in [2.05, 4.69) is 24.5 Å². The first-order valence-corrected chi connectivity index (χ1v) is 7.08. The summed E-state index contributed by atoms with van der Waals surface area (Å²) in [5.41, 5.74) is 2.61. The van der Waals surface area contributed by atoms with E-state index in [9.17, 15) is 4.79 Å². The number of rotatable bonds is 2. The third-order valence-electron chi connectivity index (χ3n) is 3.67. The molecule has 0 bridgehead atoms. The third-order valence-corrected chi connectivity index (χ3v) is 3.81. The molecule has 3 aromatic heterocycles. The van der Waals surface area contributed by atoms with E-state index >= 15 is 0 Å². The van der Waals surface area contributed by atoms with Crippen LogP contribution in [0.15, 0.2) is 49.1 Å². The van der Waals surface area contributed by atoms with Crippen molar-refractivity contribution in [2.45, 2.75) is 0 Å². The van der Waals surface area contributed by atoms with Gasteiger partial charge >= 0.3 is 5.97 Å². The van der Waals surface area contributed by atoms with Crippen LogP contribution in [-0.4, -0.2) is 26.1 Å². The van der Waals surface area contributed by atoms with Gasteiger partial charge in [0.1, 0.15) is 11.9 Å². The zero-order valence-electron chi connectivity index (χ0n) is 11.7. The fraction of sp³-hybridized carbons (Fsp3) is 0. The van der Waals surface area contributed by atoms with E-state index in [0.717, 1.165) is 27.4 Å². The molecule has 1 aromatic carbocycles. The summed E-state index contributed by atoms with van der Waals surface area (Å²) in [6, 6.07) is 7.02. The van der Waals surface area contributed by atoms with Gasteiger partial charge in [-0.05, 0) is 18.2 Å². The molecule has 0 saturated heterocycles. The Hall–Kier alpha value is -2.99. The molecule has 4 aromatic rings. The average molecular weight is 325 g/mol. The number of carbonyl (C=O) groups is 1. The zero-order valence-corrected chi connectivity index (χ0v) is 12.4. The molecule has 4 rings (SSSR count). The van der Waals surface area contributed by atoms with Crippen molar-refractivity contribution in [2.75, 3.05) is 0 Å². The molecular weight excluding hydrogens is 316 g/mol. The normalized spacial score (nSPS) is 11.0. The molecule has 0 aliphatic carbocycles. The number of hydrogen-bond donors (Lipinski definition) is 1. The fourth-order valence-corrected chi connectivity index (χ4v) is 2.71. The van der Waals surface area contributed by atoms with Gasteiger partial charge in [-0.15, -0.1) is 0 Å². The molecular formula is C16H9ClN4O2. The summed E-state index contributed by atoms with van der Waals surface area (Å²) in [4.78, 5) is 20.5. The smallest absolute Gasteiger partial charge is 0.343 e. The molecule has 0 amide bonds. The van der Waals surface area contributed by atoms with Crippen molar-refractivity contribution >= 4 is 39.5 Å². The molecule has 0 aliphatic heterocycles. The van der Waals surface area contributed by atoms with E-state index in [1.54, 1.807) is 36.9 Å². The fourth-order valence-electron chi connectivity index (χ4n) is 2.62. The van der Waals surface area contributed by atoms with Gasteiger partial charge in [0.2, 0.25) is 0 Å². The van der Waals surface area contributed by atoms with Crippen LogP contribution in [0.2, 0.25) is 0 Å². The lowest BCUT2D eigenvalue weighted by Crippen LogP contribution is -1.98. The molecule has 23 heavy (non-hydrogen) atoms. The van der Waals surface area contributed by atoms with Gasteiger partial charge in [0.05, 0.1) is 23.0 Å². The van der Waals surface area contributed by atoms with Crippen LogP contribution >= 0.6 is 11.9 Å². The number of aromatic amines is 1. The number of H-pyrrole nitrogens is 1. The van der Waals surface area contributed by atoms with E-state index in [-0.39, 0.29) is 0 Å². The number of benzene rings is 1. The minimum Gasteiger partial charge on any atom is -0.343 e. The number of aromatic nitrogens is 4. The predicted molar refractivity (Wildman–Crippen MR) is 85.9 cm³/mol. The minimum absolute atomic E-state index is 0.335. The van der Waals surface area contributed by atoms with Crippen LogP contribution in [0.5, 0.6) is 0 Å². The van der Waals surface area contributed by atoms with Gasteiger partial charge in [0, 0.05) is 40.3 Å². The molecule has 112 valence electrons. The maximum atomic E-state index is 11.6. The van der Waals surface area contributed by atoms with Crippen molar-refractivity contribution < 1.29 is 9.08 Å². The quantitative estimate of drug-likeness (QED) is 0.571. The molecule has 1 N–H and O–H groups in total.